The van der Waals surface area contributed by atoms with Gasteiger partial charge in [0.15, 0.2) is 0 Å². The highest BCUT2D eigenvalue weighted by atomic mass is 19.1. The molecule has 1 aromatic carbocycles. The van der Waals surface area contributed by atoms with Crippen molar-refractivity contribution in [2.75, 3.05) is 13.2 Å². The maximum Gasteiger partial charge on any atom is 0.149 e. The van der Waals surface area contributed by atoms with Crippen LogP contribution in [0.15, 0.2) is 18.2 Å². The molecular formula is C13H16FNO. The van der Waals surface area contributed by atoms with Crippen LogP contribution in [0.2, 0.25) is 0 Å². The molecule has 1 aromatic rings. The maximum atomic E-state index is 13.2. The third-order valence-electron chi connectivity index (χ3n) is 2.00. The third kappa shape index (κ3) is 4.33. The number of ether oxygens (including phenoxy) is 1. The normalized spacial score (nSPS) is 9.44. The van der Waals surface area contributed by atoms with Gasteiger partial charge in [0.1, 0.15) is 18.2 Å². The van der Waals surface area contributed by atoms with Crippen molar-refractivity contribution in [3.05, 3.63) is 29.6 Å². The molecule has 0 heterocycles. The zero-order chi connectivity index (χ0) is 11.8. The van der Waals surface area contributed by atoms with Gasteiger partial charge in [0.25, 0.3) is 0 Å². The summed E-state index contributed by atoms with van der Waals surface area (Å²) in [5.74, 6) is 5.73. The van der Waals surface area contributed by atoms with Crippen molar-refractivity contribution in [2.24, 2.45) is 0 Å². The van der Waals surface area contributed by atoms with Crippen LogP contribution in [-0.4, -0.2) is 13.2 Å². The van der Waals surface area contributed by atoms with E-state index in [1.807, 2.05) is 13.0 Å². The lowest BCUT2D eigenvalue weighted by Gasteiger charge is -2.06. The summed E-state index contributed by atoms with van der Waals surface area (Å²) >= 11 is 0. The summed E-state index contributed by atoms with van der Waals surface area (Å²) in [4.78, 5) is 0. The van der Waals surface area contributed by atoms with Crippen LogP contribution in [0, 0.1) is 17.7 Å². The Morgan fingerprint density at radius 3 is 2.88 bits per heavy atom. The standard InChI is InChI=1S/C13H16FNO/c1-3-5-6-16-13-8-11(10-15-4-2)7-12(14)9-13/h7-9,15H,4,6,10H2,1-2H3. The van der Waals surface area contributed by atoms with Crippen molar-refractivity contribution in [1.82, 2.24) is 5.32 Å². The van der Waals surface area contributed by atoms with Crippen LogP contribution in [0.1, 0.15) is 19.4 Å². The van der Waals surface area contributed by atoms with Gasteiger partial charge in [-0.15, -0.1) is 5.92 Å². The molecule has 0 unspecified atom stereocenters. The molecule has 2 nitrogen and oxygen atoms in total. The Labute approximate surface area is 95.8 Å². The van der Waals surface area contributed by atoms with Gasteiger partial charge in [-0.3, -0.25) is 0 Å². The van der Waals surface area contributed by atoms with Gasteiger partial charge in [0.05, 0.1) is 0 Å². The second kappa shape index (κ2) is 6.86. The van der Waals surface area contributed by atoms with E-state index < -0.39 is 0 Å². The Morgan fingerprint density at radius 1 is 1.38 bits per heavy atom. The molecule has 0 spiro atoms. The fourth-order valence-corrected chi connectivity index (χ4v) is 1.27. The zero-order valence-electron chi connectivity index (χ0n) is 9.64. The van der Waals surface area contributed by atoms with Crippen LogP contribution in [0.25, 0.3) is 0 Å². The predicted octanol–water partition coefficient (Wildman–Crippen LogP) is 2.34. The fraction of sp³-hybridized carbons (Fsp3) is 0.385. The van der Waals surface area contributed by atoms with E-state index in [1.54, 1.807) is 6.92 Å². The van der Waals surface area contributed by atoms with Gasteiger partial charge in [-0.2, -0.15) is 0 Å². The smallest absolute Gasteiger partial charge is 0.149 e. The first-order valence-corrected chi connectivity index (χ1v) is 5.29. The topological polar surface area (TPSA) is 21.3 Å². The van der Waals surface area contributed by atoms with Crippen LogP contribution in [0.5, 0.6) is 5.75 Å². The molecule has 0 amide bonds. The van der Waals surface area contributed by atoms with Crippen LogP contribution in [0.3, 0.4) is 0 Å². The average Bonchev–Trinajstić information content (AvgIpc) is 2.26. The Balaban J connectivity index is 2.67. The number of hydrogen-bond donors (Lipinski definition) is 1. The highest BCUT2D eigenvalue weighted by molar-refractivity contribution is 5.30. The minimum atomic E-state index is -0.283. The van der Waals surface area contributed by atoms with Crippen molar-refractivity contribution in [3.63, 3.8) is 0 Å². The van der Waals surface area contributed by atoms with E-state index >= 15 is 0 Å². The second-order valence-corrected chi connectivity index (χ2v) is 3.29. The van der Waals surface area contributed by atoms with E-state index in [-0.39, 0.29) is 5.82 Å². The molecule has 0 saturated heterocycles. The minimum absolute atomic E-state index is 0.283. The molecule has 0 bridgehead atoms. The first-order valence-electron chi connectivity index (χ1n) is 5.29. The van der Waals surface area contributed by atoms with Crippen LogP contribution >= 0.6 is 0 Å². The quantitative estimate of drug-likeness (QED) is 0.770. The molecule has 0 aliphatic heterocycles. The fourth-order valence-electron chi connectivity index (χ4n) is 1.27. The van der Waals surface area contributed by atoms with E-state index in [0.717, 1.165) is 12.1 Å². The summed E-state index contributed by atoms with van der Waals surface area (Å²) in [6.45, 7) is 5.54. The van der Waals surface area contributed by atoms with Gasteiger partial charge < -0.3 is 10.1 Å². The Kier molecular flexibility index (Phi) is 5.38. The van der Waals surface area contributed by atoms with Crippen molar-refractivity contribution < 1.29 is 9.13 Å². The number of hydrogen-bond acceptors (Lipinski definition) is 2. The lowest BCUT2D eigenvalue weighted by atomic mass is 10.2. The number of halogens is 1. The lowest BCUT2D eigenvalue weighted by Crippen LogP contribution is -2.12. The van der Waals surface area contributed by atoms with Crippen LogP contribution in [-0.2, 0) is 6.54 Å². The Bertz CT molecular complexity index is 393. The van der Waals surface area contributed by atoms with Gasteiger partial charge in [-0.1, -0.05) is 12.8 Å². The SMILES string of the molecule is CC#CCOc1cc(F)cc(CNCC)c1. The number of nitrogens with one attached hydrogen (secondary N) is 1. The predicted molar refractivity (Wildman–Crippen MR) is 62.7 cm³/mol. The molecule has 0 atom stereocenters. The van der Waals surface area contributed by atoms with E-state index in [9.17, 15) is 4.39 Å². The summed E-state index contributed by atoms with van der Waals surface area (Å²) in [7, 11) is 0. The molecule has 0 aliphatic rings. The molecule has 16 heavy (non-hydrogen) atoms. The molecule has 0 radical (unpaired) electrons. The molecule has 3 heteroatoms. The molecule has 0 aromatic heterocycles. The van der Waals surface area contributed by atoms with Crippen molar-refractivity contribution >= 4 is 0 Å². The van der Waals surface area contributed by atoms with Crippen molar-refractivity contribution in [2.45, 2.75) is 20.4 Å². The molecule has 0 aliphatic carbocycles. The highest BCUT2D eigenvalue weighted by Crippen LogP contribution is 2.16. The largest absolute Gasteiger partial charge is 0.481 e. The molecule has 0 fully saturated rings. The van der Waals surface area contributed by atoms with Crippen LogP contribution < -0.4 is 10.1 Å². The molecule has 1 N–H and O–H groups in total. The maximum absolute atomic E-state index is 13.2. The molecule has 1 rings (SSSR count). The summed E-state index contributed by atoms with van der Waals surface area (Å²) < 4.78 is 18.5. The summed E-state index contributed by atoms with van der Waals surface area (Å²) in [6.07, 6.45) is 0. The van der Waals surface area contributed by atoms with Gasteiger partial charge >= 0.3 is 0 Å². The molecule has 0 saturated carbocycles. The van der Waals surface area contributed by atoms with E-state index in [2.05, 4.69) is 17.2 Å². The van der Waals surface area contributed by atoms with Crippen molar-refractivity contribution in [1.29, 1.82) is 0 Å². The third-order valence-corrected chi connectivity index (χ3v) is 2.00. The monoisotopic (exact) mass is 221 g/mol. The minimum Gasteiger partial charge on any atom is -0.481 e. The van der Waals surface area contributed by atoms with E-state index in [4.69, 9.17) is 4.74 Å². The summed E-state index contributed by atoms with van der Waals surface area (Å²) in [5, 5.41) is 3.14. The van der Waals surface area contributed by atoms with Crippen molar-refractivity contribution in [3.8, 4) is 17.6 Å². The number of rotatable bonds is 5. The van der Waals surface area contributed by atoms with Gasteiger partial charge in [-0.25, -0.2) is 4.39 Å². The average molecular weight is 221 g/mol. The molecule has 86 valence electrons. The van der Waals surface area contributed by atoms with Gasteiger partial charge in [0.2, 0.25) is 0 Å². The zero-order valence-corrected chi connectivity index (χ0v) is 9.64. The van der Waals surface area contributed by atoms with Crippen LogP contribution in [0.4, 0.5) is 4.39 Å². The lowest BCUT2D eigenvalue weighted by molar-refractivity contribution is 0.367. The Morgan fingerprint density at radius 2 is 2.19 bits per heavy atom. The Hall–Kier alpha value is -1.53. The van der Waals surface area contributed by atoms with Gasteiger partial charge in [-0.05, 0) is 31.2 Å². The summed E-state index contributed by atoms with van der Waals surface area (Å²) in [6, 6.07) is 4.69. The first kappa shape index (κ1) is 12.5. The van der Waals surface area contributed by atoms with E-state index in [1.165, 1.54) is 12.1 Å². The molecular weight excluding hydrogens is 205 g/mol. The summed E-state index contributed by atoms with van der Waals surface area (Å²) in [5.41, 5.74) is 0.876. The second-order valence-electron chi connectivity index (χ2n) is 3.29. The van der Waals surface area contributed by atoms with Gasteiger partial charge in [0, 0.05) is 12.6 Å². The van der Waals surface area contributed by atoms with E-state index in [0.29, 0.717) is 18.9 Å². The highest BCUT2D eigenvalue weighted by Gasteiger charge is 2.01. The number of benzene rings is 1. The first-order chi connectivity index (χ1) is 7.76.